The maximum absolute atomic E-state index is 13.6. The molecule has 1 aliphatic heterocycles. The number of amides is 2. The minimum absolute atomic E-state index is 0.222. The summed E-state index contributed by atoms with van der Waals surface area (Å²) >= 11 is 6.17. The van der Waals surface area contributed by atoms with Gasteiger partial charge in [0.25, 0.3) is 0 Å². The molecule has 1 atom stereocenters. The number of fused-ring (bicyclic) bond motifs is 3. The lowest BCUT2D eigenvalue weighted by molar-refractivity contribution is 0.193. The molecule has 0 saturated heterocycles. The number of anilines is 1. The number of hydrogen-bond acceptors (Lipinski definition) is 3. The number of ether oxygens (including phenoxy) is 2. The minimum atomic E-state index is -0.280. The second kappa shape index (κ2) is 8.71. The first kappa shape index (κ1) is 21.2. The Kier molecular flexibility index (Phi) is 5.60. The molecule has 168 valence electrons. The molecule has 0 unspecified atom stereocenters. The summed E-state index contributed by atoms with van der Waals surface area (Å²) in [5.41, 5.74) is 4.87. The van der Waals surface area contributed by atoms with E-state index in [1.54, 1.807) is 32.4 Å². The number of hydrogen-bond donors (Lipinski definition) is 2. The Morgan fingerprint density at radius 2 is 1.85 bits per heavy atom. The zero-order chi connectivity index (χ0) is 22.9. The van der Waals surface area contributed by atoms with E-state index in [1.807, 2.05) is 41.3 Å². The van der Waals surface area contributed by atoms with Crippen LogP contribution in [0.5, 0.6) is 11.5 Å². The monoisotopic (exact) mass is 461 g/mol. The minimum Gasteiger partial charge on any atom is -0.497 e. The van der Waals surface area contributed by atoms with Crippen LogP contribution in [0.25, 0.3) is 10.9 Å². The van der Waals surface area contributed by atoms with Gasteiger partial charge in [0, 0.05) is 28.2 Å². The molecule has 0 saturated carbocycles. The van der Waals surface area contributed by atoms with Crippen LogP contribution in [-0.4, -0.2) is 36.7 Å². The Morgan fingerprint density at radius 1 is 1.06 bits per heavy atom. The number of carbonyl (C=O) groups excluding carboxylic acids is 1. The molecule has 0 fully saturated rings. The van der Waals surface area contributed by atoms with Gasteiger partial charge in [0.2, 0.25) is 0 Å². The molecule has 0 radical (unpaired) electrons. The molecular formula is C26H24ClN3O3. The number of carbonyl (C=O) groups is 1. The molecule has 0 aliphatic carbocycles. The third-order valence-electron chi connectivity index (χ3n) is 6.13. The number of nitrogens with zero attached hydrogens (tertiary/aromatic N) is 1. The summed E-state index contributed by atoms with van der Waals surface area (Å²) in [6.07, 6.45) is 0.756. The number of halogens is 1. The molecule has 6 nitrogen and oxygen atoms in total. The third-order valence-corrected chi connectivity index (χ3v) is 6.37. The fraction of sp³-hybridized carbons (Fsp3) is 0.192. The zero-order valence-electron chi connectivity index (χ0n) is 18.4. The van der Waals surface area contributed by atoms with E-state index in [0.717, 1.165) is 28.9 Å². The van der Waals surface area contributed by atoms with Crippen molar-refractivity contribution in [2.75, 3.05) is 26.1 Å². The Hall–Kier alpha value is -3.64. The molecule has 4 aromatic rings. The van der Waals surface area contributed by atoms with Crippen LogP contribution in [0.3, 0.4) is 0 Å². The van der Waals surface area contributed by atoms with Gasteiger partial charge >= 0.3 is 6.03 Å². The van der Waals surface area contributed by atoms with Gasteiger partial charge in [-0.3, -0.25) is 0 Å². The standard InChI is InChI=1S/C26H24ClN3O3/c1-32-18-10-7-16(8-11-18)25-24-20(19-5-3-4-6-21(19)28-24)13-14-30(25)26(31)29-22-15-17(27)9-12-23(22)33-2/h3-12,15,25,28H,13-14H2,1-2H3,(H,29,31)/t25-/m1/s1. The van der Waals surface area contributed by atoms with Gasteiger partial charge < -0.3 is 24.7 Å². The number of rotatable bonds is 4. The highest BCUT2D eigenvalue weighted by Gasteiger charge is 2.35. The summed E-state index contributed by atoms with van der Waals surface area (Å²) < 4.78 is 10.7. The van der Waals surface area contributed by atoms with Gasteiger partial charge in [-0.1, -0.05) is 41.9 Å². The Morgan fingerprint density at radius 3 is 2.61 bits per heavy atom. The number of aromatic nitrogens is 1. The van der Waals surface area contributed by atoms with Crippen LogP contribution in [0.2, 0.25) is 5.02 Å². The van der Waals surface area contributed by atoms with Crippen LogP contribution in [-0.2, 0) is 6.42 Å². The van der Waals surface area contributed by atoms with Crippen LogP contribution >= 0.6 is 11.6 Å². The SMILES string of the molecule is COc1ccc([C@@H]2c3[nH]c4ccccc4c3CCN2C(=O)Nc2cc(Cl)ccc2OC)cc1. The lowest BCUT2D eigenvalue weighted by atomic mass is 9.92. The number of aromatic amines is 1. The molecule has 1 aromatic heterocycles. The van der Waals surface area contributed by atoms with Crippen molar-refractivity contribution in [3.63, 3.8) is 0 Å². The lowest BCUT2D eigenvalue weighted by Gasteiger charge is -2.36. The normalized spacial score (nSPS) is 15.2. The number of para-hydroxylation sites is 1. The maximum atomic E-state index is 13.6. The van der Waals surface area contributed by atoms with E-state index in [9.17, 15) is 4.79 Å². The van der Waals surface area contributed by atoms with Crippen molar-refractivity contribution in [1.82, 2.24) is 9.88 Å². The number of nitrogens with one attached hydrogen (secondary N) is 2. The molecule has 2 N–H and O–H groups in total. The van der Waals surface area contributed by atoms with Crippen LogP contribution in [0.15, 0.2) is 66.7 Å². The zero-order valence-corrected chi connectivity index (χ0v) is 19.1. The molecule has 3 aromatic carbocycles. The van der Waals surface area contributed by atoms with Crippen molar-refractivity contribution in [1.29, 1.82) is 0 Å². The van der Waals surface area contributed by atoms with Crippen molar-refractivity contribution in [2.24, 2.45) is 0 Å². The Labute approximate surface area is 197 Å². The molecule has 2 heterocycles. The van der Waals surface area contributed by atoms with Crippen molar-refractivity contribution < 1.29 is 14.3 Å². The largest absolute Gasteiger partial charge is 0.497 e. The van der Waals surface area contributed by atoms with Crippen LogP contribution in [0, 0.1) is 0 Å². The predicted octanol–water partition coefficient (Wildman–Crippen LogP) is 6.02. The van der Waals surface area contributed by atoms with Crippen LogP contribution in [0.1, 0.15) is 22.9 Å². The van der Waals surface area contributed by atoms with Gasteiger partial charge in [-0.15, -0.1) is 0 Å². The first-order valence-electron chi connectivity index (χ1n) is 10.7. The lowest BCUT2D eigenvalue weighted by Crippen LogP contribution is -2.43. The Bertz CT molecular complexity index is 1320. The highest BCUT2D eigenvalue weighted by Crippen LogP contribution is 2.39. The third kappa shape index (κ3) is 3.87. The van der Waals surface area contributed by atoms with E-state index in [2.05, 4.69) is 22.4 Å². The van der Waals surface area contributed by atoms with Gasteiger partial charge in [-0.05, 0) is 53.9 Å². The number of urea groups is 1. The van der Waals surface area contributed by atoms with E-state index in [4.69, 9.17) is 21.1 Å². The van der Waals surface area contributed by atoms with E-state index >= 15 is 0 Å². The van der Waals surface area contributed by atoms with E-state index in [1.165, 1.54) is 10.9 Å². The summed E-state index contributed by atoms with van der Waals surface area (Å²) in [7, 11) is 3.21. The van der Waals surface area contributed by atoms with Crippen LogP contribution < -0.4 is 14.8 Å². The van der Waals surface area contributed by atoms with Crippen molar-refractivity contribution in [3.8, 4) is 11.5 Å². The van der Waals surface area contributed by atoms with Gasteiger partial charge in [0.15, 0.2) is 0 Å². The quantitative estimate of drug-likeness (QED) is 0.390. The van der Waals surface area contributed by atoms with E-state index < -0.39 is 0 Å². The predicted molar refractivity (Wildman–Crippen MR) is 131 cm³/mol. The summed E-state index contributed by atoms with van der Waals surface area (Å²) in [4.78, 5) is 19.0. The molecule has 0 spiro atoms. The first-order chi connectivity index (χ1) is 16.1. The van der Waals surface area contributed by atoms with Crippen LogP contribution in [0.4, 0.5) is 10.5 Å². The highest BCUT2D eigenvalue weighted by atomic mass is 35.5. The summed E-state index contributed by atoms with van der Waals surface area (Å²) in [5.74, 6) is 1.32. The number of H-pyrrole nitrogens is 1. The maximum Gasteiger partial charge on any atom is 0.322 e. The molecule has 1 aliphatic rings. The van der Waals surface area contributed by atoms with Gasteiger partial charge in [-0.25, -0.2) is 4.79 Å². The van der Waals surface area contributed by atoms with Gasteiger partial charge in [0.1, 0.15) is 11.5 Å². The van der Waals surface area contributed by atoms with E-state index in [0.29, 0.717) is 23.0 Å². The molecular weight excluding hydrogens is 438 g/mol. The second-order valence-corrected chi connectivity index (χ2v) is 8.39. The molecule has 7 heteroatoms. The van der Waals surface area contributed by atoms with Gasteiger partial charge in [-0.2, -0.15) is 0 Å². The molecule has 2 amide bonds. The average Bonchev–Trinajstić information content (AvgIpc) is 3.22. The number of methoxy groups -OCH3 is 2. The molecule has 33 heavy (non-hydrogen) atoms. The second-order valence-electron chi connectivity index (χ2n) is 7.96. The number of benzene rings is 3. The van der Waals surface area contributed by atoms with Crippen molar-refractivity contribution >= 4 is 34.2 Å². The smallest absolute Gasteiger partial charge is 0.322 e. The average molecular weight is 462 g/mol. The molecule has 5 rings (SSSR count). The molecule has 0 bridgehead atoms. The van der Waals surface area contributed by atoms with Crippen molar-refractivity contribution in [3.05, 3.63) is 88.6 Å². The van der Waals surface area contributed by atoms with E-state index in [-0.39, 0.29) is 12.1 Å². The highest BCUT2D eigenvalue weighted by molar-refractivity contribution is 6.31. The topological polar surface area (TPSA) is 66.6 Å². The van der Waals surface area contributed by atoms with Gasteiger partial charge in [0.05, 0.1) is 25.9 Å². The summed E-state index contributed by atoms with van der Waals surface area (Å²) in [5, 5.41) is 4.72. The summed E-state index contributed by atoms with van der Waals surface area (Å²) in [6, 6.07) is 20.8. The fourth-order valence-corrected chi connectivity index (χ4v) is 4.73. The first-order valence-corrected chi connectivity index (χ1v) is 11.1. The fourth-order valence-electron chi connectivity index (χ4n) is 4.56. The Balaban J connectivity index is 1.57. The summed E-state index contributed by atoms with van der Waals surface area (Å²) in [6.45, 7) is 0.570. The van der Waals surface area contributed by atoms with Crippen molar-refractivity contribution in [2.45, 2.75) is 12.5 Å².